The molecule has 0 aliphatic heterocycles. The molecule has 74 valence electrons. The van der Waals surface area contributed by atoms with Gasteiger partial charge in [0, 0.05) is 13.3 Å². The van der Waals surface area contributed by atoms with E-state index in [2.05, 4.69) is 22.3 Å². The lowest BCUT2D eigenvalue weighted by atomic mass is 10.2. The van der Waals surface area contributed by atoms with E-state index in [1.807, 2.05) is 20.2 Å². The van der Waals surface area contributed by atoms with E-state index in [0.717, 1.165) is 19.4 Å². The Morgan fingerprint density at radius 3 is 2.77 bits per heavy atom. The smallest absolute Gasteiger partial charge is 0.253 e. The van der Waals surface area contributed by atoms with Gasteiger partial charge in [-0.3, -0.25) is 0 Å². The molecule has 1 aromatic heterocycles. The third-order valence-electron chi connectivity index (χ3n) is 2.57. The van der Waals surface area contributed by atoms with Crippen molar-refractivity contribution in [1.29, 1.82) is 0 Å². The monoisotopic (exact) mass is 183 g/mol. The molecule has 0 amide bonds. The van der Waals surface area contributed by atoms with Gasteiger partial charge in [-0.15, -0.1) is 0 Å². The largest absolute Gasteiger partial charge is 0.393 e. The minimum atomic E-state index is -0.160. The first kappa shape index (κ1) is 10.3. The van der Waals surface area contributed by atoms with Crippen LogP contribution in [-0.4, -0.2) is 15.8 Å². The van der Waals surface area contributed by atoms with Crippen LogP contribution in [0.25, 0.3) is 0 Å². The van der Waals surface area contributed by atoms with Crippen LogP contribution in [0, 0.1) is 6.92 Å². The average molecular weight is 183 g/mol. The topological polar surface area (TPSA) is 29.0 Å². The highest BCUT2D eigenvalue weighted by molar-refractivity contribution is 4.79. The van der Waals surface area contributed by atoms with Crippen molar-refractivity contribution in [2.45, 2.75) is 39.3 Å². The predicted molar refractivity (Wildman–Crippen MR) is 51.3 cm³/mol. The second-order valence-electron chi connectivity index (χ2n) is 3.50. The molecule has 1 rings (SSSR count). The molecule has 0 bridgehead atoms. The molecule has 1 heterocycles. The molecule has 0 aliphatic rings. The van der Waals surface area contributed by atoms with Crippen molar-refractivity contribution in [3.05, 3.63) is 18.2 Å². The number of aliphatic hydroxyl groups excluding tert-OH is 1. The van der Waals surface area contributed by atoms with Gasteiger partial charge in [0.1, 0.15) is 12.4 Å². The molecule has 0 spiro atoms. The minimum Gasteiger partial charge on any atom is -0.393 e. The first-order valence-electron chi connectivity index (χ1n) is 4.84. The second kappa shape index (κ2) is 4.42. The van der Waals surface area contributed by atoms with Crippen LogP contribution in [0.15, 0.2) is 12.4 Å². The molecule has 0 saturated carbocycles. The van der Waals surface area contributed by atoms with Gasteiger partial charge >= 0.3 is 0 Å². The number of aromatic nitrogens is 2. The number of aryl methyl sites for hydroxylation is 2. The van der Waals surface area contributed by atoms with Crippen molar-refractivity contribution in [2.75, 3.05) is 0 Å². The number of nitrogens with zero attached hydrogens (tertiary/aromatic N) is 2. The quantitative estimate of drug-likeness (QED) is 0.687. The number of rotatable bonds is 4. The highest BCUT2D eigenvalue weighted by atomic mass is 16.3. The minimum absolute atomic E-state index is 0.160. The van der Waals surface area contributed by atoms with E-state index in [1.54, 1.807) is 0 Å². The number of imidazole rings is 1. The van der Waals surface area contributed by atoms with Gasteiger partial charge in [0.25, 0.3) is 5.82 Å². The van der Waals surface area contributed by atoms with Crippen LogP contribution in [0.3, 0.4) is 0 Å². The van der Waals surface area contributed by atoms with E-state index in [-0.39, 0.29) is 6.10 Å². The molecule has 1 atom stereocenters. The van der Waals surface area contributed by atoms with Crippen molar-refractivity contribution < 1.29 is 9.67 Å². The molecule has 3 heteroatoms. The first-order chi connectivity index (χ1) is 6.15. The number of hydrogen-bond acceptors (Lipinski definition) is 1. The fourth-order valence-corrected chi connectivity index (χ4v) is 1.33. The van der Waals surface area contributed by atoms with E-state index < -0.39 is 0 Å². The molecular weight excluding hydrogens is 164 g/mol. The van der Waals surface area contributed by atoms with Crippen LogP contribution in [-0.2, 0) is 13.6 Å². The third-order valence-corrected chi connectivity index (χ3v) is 2.57. The summed E-state index contributed by atoms with van der Waals surface area (Å²) in [4.78, 5) is 0. The summed E-state index contributed by atoms with van der Waals surface area (Å²) in [6, 6.07) is 0. The fraction of sp³-hybridized carbons (Fsp3) is 0.700. The van der Waals surface area contributed by atoms with Gasteiger partial charge in [-0.25, -0.2) is 9.13 Å². The van der Waals surface area contributed by atoms with Crippen LogP contribution < -0.4 is 4.57 Å². The standard InChI is InChI=1S/C10H19N2O/c1-4-10(13)5-6-12-8-7-11(3)9(12)2/h7-8,10,13H,4-6H2,1-3H3/q+1. The zero-order valence-corrected chi connectivity index (χ0v) is 8.70. The zero-order valence-electron chi connectivity index (χ0n) is 8.70. The van der Waals surface area contributed by atoms with Gasteiger partial charge in [-0.2, -0.15) is 0 Å². The second-order valence-corrected chi connectivity index (χ2v) is 3.50. The van der Waals surface area contributed by atoms with E-state index in [9.17, 15) is 5.11 Å². The lowest BCUT2D eigenvalue weighted by Crippen LogP contribution is -2.29. The molecule has 3 nitrogen and oxygen atoms in total. The SMILES string of the molecule is CCC(O)CCn1cc[n+](C)c1C. The maximum Gasteiger partial charge on any atom is 0.253 e. The molecule has 0 fully saturated rings. The van der Waals surface area contributed by atoms with Crippen LogP contribution in [0.4, 0.5) is 0 Å². The van der Waals surface area contributed by atoms with Crippen molar-refractivity contribution in [3.8, 4) is 0 Å². The van der Waals surface area contributed by atoms with Crippen LogP contribution >= 0.6 is 0 Å². The lowest BCUT2D eigenvalue weighted by Gasteiger charge is -2.05. The Hall–Kier alpha value is -0.830. The highest BCUT2D eigenvalue weighted by Crippen LogP contribution is 2.01. The van der Waals surface area contributed by atoms with Crippen LogP contribution in [0.1, 0.15) is 25.6 Å². The molecule has 0 aliphatic carbocycles. The Morgan fingerprint density at radius 2 is 2.31 bits per heavy atom. The molecule has 0 aromatic carbocycles. The van der Waals surface area contributed by atoms with Gasteiger partial charge in [-0.05, 0) is 6.42 Å². The van der Waals surface area contributed by atoms with Gasteiger partial charge in [0.05, 0.1) is 19.7 Å². The van der Waals surface area contributed by atoms with Crippen molar-refractivity contribution in [2.24, 2.45) is 7.05 Å². The van der Waals surface area contributed by atoms with E-state index in [4.69, 9.17) is 0 Å². The summed E-state index contributed by atoms with van der Waals surface area (Å²) in [5.74, 6) is 1.23. The summed E-state index contributed by atoms with van der Waals surface area (Å²) in [6.45, 7) is 4.99. The number of aliphatic hydroxyl groups is 1. The maximum atomic E-state index is 9.40. The van der Waals surface area contributed by atoms with Gasteiger partial charge < -0.3 is 5.11 Å². The molecule has 13 heavy (non-hydrogen) atoms. The van der Waals surface area contributed by atoms with E-state index in [1.165, 1.54) is 5.82 Å². The summed E-state index contributed by atoms with van der Waals surface area (Å²) in [5, 5.41) is 9.40. The van der Waals surface area contributed by atoms with Gasteiger partial charge in [0.15, 0.2) is 0 Å². The molecular formula is C10H19N2O+. The summed E-state index contributed by atoms with van der Waals surface area (Å²) in [7, 11) is 2.03. The van der Waals surface area contributed by atoms with Crippen molar-refractivity contribution in [1.82, 2.24) is 4.57 Å². The predicted octanol–water partition coefficient (Wildman–Crippen LogP) is 0.782. The Labute approximate surface area is 79.6 Å². The molecule has 1 N–H and O–H groups in total. The normalized spacial score (nSPS) is 13.2. The Bertz CT molecular complexity index is 268. The summed E-state index contributed by atoms with van der Waals surface area (Å²) in [6.07, 6.45) is 5.61. The Balaban J connectivity index is 2.50. The first-order valence-corrected chi connectivity index (χ1v) is 4.84. The van der Waals surface area contributed by atoms with Crippen LogP contribution in [0.2, 0.25) is 0 Å². The van der Waals surface area contributed by atoms with Gasteiger partial charge in [-0.1, -0.05) is 6.92 Å². The lowest BCUT2D eigenvalue weighted by molar-refractivity contribution is -0.677. The fourth-order valence-electron chi connectivity index (χ4n) is 1.33. The van der Waals surface area contributed by atoms with Crippen molar-refractivity contribution in [3.63, 3.8) is 0 Å². The molecule has 1 aromatic rings. The van der Waals surface area contributed by atoms with Crippen molar-refractivity contribution >= 4 is 0 Å². The molecule has 1 unspecified atom stereocenters. The van der Waals surface area contributed by atoms with E-state index in [0.29, 0.717) is 0 Å². The zero-order chi connectivity index (χ0) is 9.84. The third kappa shape index (κ3) is 2.56. The Morgan fingerprint density at radius 1 is 1.62 bits per heavy atom. The van der Waals surface area contributed by atoms with Gasteiger partial charge in [0.2, 0.25) is 0 Å². The van der Waals surface area contributed by atoms with Crippen LogP contribution in [0.5, 0.6) is 0 Å². The average Bonchev–Trinajstić information content (AvgIpc) is 2.44. The summed E-state index contributed by atoms with van der Waals surface area (Å²) < 4.78 is 4.25. The number of hydrogen-bond donors (Lipinski definition) is 1. The maximum absolute atomic E-state index is 9.40. The van der Waals surface area contributed by atoms with E-state index >= 15 is 0 Å². The summed E-state index contributed by atoms with van der Waals surface area (Å²) in [5.41, 5.74) is 0. The molecule has 0 saturated heterocycles. The highest BCUT2D eigenvalue weighted by Gasteiger charge is 2.09. The molecule has 0 radical (unpaired) electrons. The summed E-state index contributed by atoms with van der Waals surface area (Å²) >= 11 is 0. The Kier molecular flexibility index (Phi) is 3.48.